The molecule has 1 aromatic heterocycles. The molecule has 0 bridgehead atoms. The third kappa shape index (κ3) is 3.39. The van der Waals surface area contributed by atoms with E-state index in [1.54, 1.807) is 19.1 Å². The van der Waals surface area contributed by atoms with Crippen molar-refractivity contribution in [2.75, 3.05) is 19.6 Å². The highest BCUT2D eigenvalue weighted by Gasteiger charge is 2.60. The molecule has 2 atom stereocenters. The second-order valence-corrected chi connectivity index (χ2v) is 7.79. The molecule has 2 heterocycles. The van der Waals surface area contributed by atoms with Gasteiger partial charge in [-0.05, 0) is 49.9 Å². The lowest BCUT2D eigenvalue weighted by Crippen LogP contribution is -2.35. The van der Waals surface area contributed by atoms with E-state index in [1.807, 2.05) is 0 Å². The molecular weight excluding hydrogens is 373 g/mol. The number of aromatic nitrogens is 3. The first kappa shape index (κ1) is 18.9. The summed E-state index contributed by atoms with van der Waals surface area (Å²) in [6.45, 7) is 4.46. The van der Waals surface area contributed by atoms with Crippen molar-refractivity contribution in [3.05, 3.63) is 61.9 Å². The van der Waals surface area contributed by atoms with E-state index in [0.29, 0.717) is 18.9 Å². The number of piperidine rings is 1. The predicted molar refractivity (Wildman–Crippen MR) is 96.1 cm³/mol. The van der Waals surface area contributed by atoms with Gasteiger partial charge in [-0.1, -0.05) is 12.1 Å². The number of hydrogen-bond acceptors (Lipinski definition) is 4. The molecule has 4 rings (SSSR count). The molecular formula is C19H21F3N4O2. The Hall–Kier alpha value is -2.42. The molecule has 0 radical (unpaired) electrons. The van der Waals surface area contributed by atoms with Gasteiger partial charge < -0.3 is 4.90 Å². The Labute approximate surface area is 159 Å². The Balaban J connectivity index is 1.36. The number of benzene rings is 1. The van der Waals surface area contributed by atoms with Gasteiger partial charge in [-0.2, -0.15) is 18.3 Å². The van der Waals surface area contributed by atoms with E-state index in [-0.39, 0.29) is 11.1 Å². The SMILES string of the molecule is Cc1nn(CCCN2C[C@@H]3C[C@@]3(c3ccc(C(F)(F)F)cc3)C2)c(=O)[nH]c1=O. The molecule has 1 N–H and O–H groups in total. The first-order valence-corrected chi connectivity index (χ1v) is 9.27. The molecule has 9 heteroatoms. The number of H-pyrrole nitrogens is 1. The number of halogens is 3. The normalized spacial score (nSPS) is 24.4. The van der Waals surface area contributed by atoms with Gasteiger partial charge in [0, 0.05) is 25.0 Å². The van der Waals surface area contributed by atoms with Crippen LogP contribution >= 0.6 is 0 Å². The highest BCUT2D eigenvalue weighted by atomic mass is 19.4. The van der Waals surface area contributed by atoms with E-state index >= 15 is 0 Å². The second-order valence-electron chi connectivity index (χ2n) is 7.79. The zero-order valence-electron chi connectivity index (χ0n) is 15.4. The molecule has 1 saturated heterocycles. The molecule has 1 aromatic carbocycles. The van der Waals surface area contributed by atoms with Gasteiger partial charge in [0.1, 0.15) is 5.69 Å². The lowest BCUT2D eigenvalue weighted by atomic mass is 9.94. The van der Waals surface area contributed by atoms with Crippen LogP contribution in [0, 0.1) is 12.8 Å². The maximum absolute atomic E-state index is 12.8. The van der Waals surface area contributed by atoms with Crippen LogP contribution in [0.15, 0.2) is 33.9 Å². The fourth-order valence-electron chi connectivity index (χ4n) is 4.31. The maximum atomic E-state index is 12.8. The summed E-state index contributed by atoms with van der Waals surface area (Å²) in [6, 6.07) is 5.55. The van der Waals surface area contributed by atoms with Gasteiger partial charge in [0.25, 0.3) is 5.56 Å². The summed E-state index contributed by atoms with van der Waals surface area (Å²) >= 11 is 0. The summed E-state index contributed by atoms with van der Waals surface area (Å²) in [5.41, 5.74) is -0.409. The molecule has 2 fully saturated rings. The maximum Gasteiger partial charge on any atom is 0.416 e. The van der Waals surface area contributed by atoms with Gasteiger partial charge in [0.05, 0.1) is 5.56 Å². The first-order valence-electron chi connectivity index (χ1n) is 9.27. The van der Waals surface area contributed by atoms with E-state index < -0.39 is 23.0 Å². The standard InChI is InChI=1S/C19H21F3N4O2/c1-12-16(27)23-17(28)26(24-12)8-2-7-25-10-15-9-18(15,11-25)13-3-5-14(6-4-13)19(20,21)22/h3-6,15H,2,7-11H2,1H3,(H,23,27,28)/t15-,18-/m0/s1. The molecule has 0 spiro atoms. The minimum atomic E-state index is -4.31. The van der Waals surface area contributed by atoms with Gasteiger partial charge in [0.2, 0.25) is 0 Å². The smallest absolute Gasteiger partial charge is 0.302 e. The third-order valence-electron chi connectivity index (χ3n) is 5.90. The lowest BCUT2D eigenvalue weighted by Gasteiger charge is -2.21. The van der Waals surface area contributed by atoms with Crippen LogP contribution in [-0.2, 0) is 18.1 Å². The predicted octanol–water partition coefficient (Wildman–Crippen LogP) is 1.92. The van der Waals surface area contributed by atoms with E-state index in [9.17, 15) is 22.8 Å². The zero-order chi connectivity index (χ0) is 20.1. The van der Waals surface area contributed by atoms with E-state index in [0.717, 1.165) is 31.6 Å². The minimum absolute atomic E-state index is 0.0339. The van der Waals surface area contributed by atoms with Crippen molar-refractivity contribution in [3.63, 3.8) is 0 Å². The monoisotopic (exact) mass is 394 g/mol. The average Bonchev–Trinajstić information content (AvgIpc) is 3.21. The third-order valence-corrected chi connectivity index (χ3v) is 5.90. The minimum Gasteiger partial charge on any atom is -0.302 e. The number of rotatable bonds is 5. The Morgan fingerprint density at radius 2 is 1.93 bits per heavy atom. The molecule has 1 aliphatic carbocycles. The number of nitrogens with one attached hydrogen (secondary N) is 1. The number of aromatic amines is 1. The van der Waals surface area contributed by atoms with Crippen LogP contribution in [0.2, 0.25) is 0 Å². The summed E-state index contributed by atoms with van der Waals surface area (Å²) in [4.78, 5) is 27.6. The molecule has 1 aliphatic heterocycles. The Morgan fingerprint density at radius 1 is 1.21 bits per heavy atom. The number of likely N-dealkylation sites (tertiary alicyclic amines) is 1. The summed E-state index contributed by atoms with van der Waals surface area (Å²) in [6.07, 6.45) is -2.60. The lowest BCUT2D eigenvalue weighted by molar-refractivity contribution is -0.137. The van der Waals surface area contributed by atoms with Crippen LogP contribution in [0.5, 0.6) is 0 Å². The molecule has 2 aromatic rings. The van der Waals surface area contributed by atoms with Gasteiger partial charge in [-0.3, -0.25) is 9.78 Å². The first-order chi connectivity index (χ1) is 13.2. The van der Waals surface area contributed by atoms with Crippen LogP contribution in [0.3, 0.4) is 0 Å². The topological polar surface area (TPSA) is 71.0 Å². The van der Waals surface area contributed by atoms with Gasteiger partial charge >= 0.3 is 11.9 Å². The number of alkyl halides is 3. The Bertz CT molecular complexity index is 996. The zero-order valence-corrected chi connectivity index (χ0v) is 15.4. The van der Waals surface area contributed by atoms with E-state index in [2.05, 4.69) is 15.0 Å². The summed E-state index contributed by atoms with van der Waals surface area (Å²) in [7, 11) is 0. The quantitative estimate of drug-likeness (QED) is 0.841. The highest BCUT2D eigenvalue weighted by molar-refractivity contribution is 5.39. The van der Waals surface area contributed by atoms with Gasteiger partial charge in [0.15, 0.2) is 0 Å². The molecule has 6 nitrogen and oxygen atoms in total. The molecule has 1 saturated carbocycles. The van der Waals surface area contributed by atoms with E-state index in [4.69, 9.17) is 0 Å². The summed E-state index contributed by atoms with van der Waals surface area (Å²) < 4.78 is 39.6. The highest BCUT2D eigenvalue weighted by Crippen LogP contribution is 2.59. The van der Waals surface area contributed by atoms with Crippen molar-refractivity contribution in [2.24, 2.45) is 5.92 Å². The van der Waals surface area contributed by atoms with Gasteiger partial charge in [-0.25, -0.2) is 9.48 Å². The molecule has 28 heavy (non-hydrogen) atoms. The Morgan fingerprint density at radius 3 is 2.61 bits per heavy atom. The van der Waals surface area contributed by atoms with Crippen LogP contribution in [0.1, 0.15) is 29.7 Å². The van der Waals surface area contributed by atoms with Gasteiger partial charge in [-0.15, -0.1) is 0 Å². The van der Waals surface area contributed by atoms with Crippen molar-refractivity contribution in [1.29, 1.82) is 0 Å². The van der Waals surface area contributed by atoms with Crippen molar-refractivity contribution in [2.45, 2.75) is 37.9 Å². The Kier molecular flexibility index (Phi) is 4.45. The number of nitrogens with zero attached hydrogens (tertiary/aromatic N) is 3. The van der Waals surface area contributed by atoms with Crippen molar-refractivity contribution in [3.8, 4) is 0 Å². The second kappa shape index (κ2) is 6.58. The summed E-state index contributed by atoms with van der Waals surface area (Å²) in [5, 5.41) is 4.00. The largest absolute Gasteiger partial charge is 0.416 e. The fraction of sp³-hybridized carbons (Fsp3) is 0.526. The number of hydrogen-bond donors (Lipinski definition) is 1. The van der Waals surface area contributed by atoms with Crippen molar-refractivity contribution >= 4 is 0 Å². The van der Waals surface area contributed by atoms with Crippen molar-refractivity contribution < 1.29 is 13.2 Å². The number of aryl methyl sites for hydroxylation is 2. The van der Waals surface area contributed by atoms with Crippen LogP contribution in [0.4, 0.5) is 13.2 Å². The molecule has 0 amide bonds. The summed E-state index contributed by atoms with van der Waals surface area (Å²) in [5.74, 6) is 0.473. The molecule has 0 unspecified atom stereocenters. The number of fused-ring (bicyclic) bond motifs is 1. The van der Waals surface area contributed by atoms with Crippen molar-refractivity contribution in [1.82, 2.24) is 19.7 Å². The average molecular weight is 394 g/mol. The van der Waals surface area contributed by atoms with Crippen LogP contribution in [0.25, 0.3) is 0 Å². The van der Waals surface area contributed by atoms with E-state index in [1.165, 1.54) is 16.8 Å². The van der Waals surface area contributed by atoms with Crippen LogP contribution in [-0.4, -0.2) is 39.3 Å². The fourth-order valence-corrected chi connectivity index (χ4v) is 4.31. The van der Waals surface area contributed by atoms with Crippen LogP contribution < -0.4 is 11.2 Å². The molecule has 150 valence electrons. The molecule has 2 aliphatic rings.